The Hall–Kier alpha value is -0.240. The number of nitrogens with one attached hydrogen (secondary N) is 1. The third-order valence-electron chi connectivity index (χ3n) is 3.64. The van der Waals surface area contributed by atoms with Gasteiger partial charge in [-0.1, -0.05) is 19.1 Å². The summed E-state index contributed by atoms with van der Waals surface area (Å²) in [6.45, 7) is 3.26. The zero-order valence-electron chi connectivity index (χ0n) is 10.6. The molecular formula is C11H21N3O2S2. The Labute approximate surface area is 114 Å². The highest BCUT2D eigenvalue weighted by Gasteiger charge is 2.38. The van der Waals surface area contributed by atoms with Gasteiger partial charge < -0.3 is 5.73 Å². The van der Waals surface area contributed by atoms with Crippen LogP contribution in [0, 0.1) is 11.8 Å². The van der Waals surface area contributed by atoms with Gasteiger partial charge in [0.2, 0.25) is 0 Å². The van der Waals surface area contributed by atoms with Crippen molar-refractivity contribution in [3.63, 3.8) is 0 Å². The van der Waals surface area contributed by atoms with E-state index in [1.165, 1.54) is 4.31 Å². The first-order chi connectivity index (χ1) is 8.40. The quantitative estimate of drug-likeness (QED) is 0.728. The van der Waals surface area contributed by atoms with E-state index in [2.05, 4.69) is 11.6 Å². The van der Waals surface area contributed by atoms with Crippen LogP contribution in [-0.4, -0.2) is 36.8 Å². The Morgan fingerprint density at radius 2 is 2.11 bits per heavy atom. The molecule has 1 aliphatic carbocycles. The monoisotopic (exact) mass is 291 g/mol. The normalized spacial score (nSPS) is 27.9. The third kappa shape index (κ3) is 3.40. The van der Waals surface area contributed by atoms with Gasteiger partial charge in [0.15, 0.2) is 0 Å². The van der Waals surface area contributed by atoms with Gasteiger partial charge >= 0.3 is 0 Å². The lowest BCUT2D eigenvalue weighted by molar-refractivity contribution is 0.277. The van der Waals surface area contributed by atoms with E-state index in [4.69, 9.17) is 18.0 Å². The SMILES string of the molecule is CC1CCCN(S(=O)(=O)NC(C(N)=S)C2CC2)C1. The molecule has 1 saturated heterocycles. The molecule has 0 aromatic rings. The minimum Gasteiger partial charge on any atom is -0.392 e. The number of hydrogen-bond acceptors (Lipinski definition) is 3. The van der Waals surface area contributed by atoms with Gasteiger partial charge in [-0.25, -0.2) is 0 Å². The summed E-state index contributed by atoms with van der Waals surface area (Å²) in [6, 6.07) is -0.373. The molecule has 1 heterocycles. The van der Waals surface area contributed by atoms with Crippen molar-refractivity contribution in [2.24, 2.45) is 17.6 Å². The van der Waals surface area contributed by atoms with Gasteiger partial charge in [0.1, 0.15) is 0 Å². The largest absolute Gasteiger partial charge is 0.392 e. The lowest BCUT2D eigenvalue weighted by Crippen LogP contribution is -2.52. The van der Waals surface area contributed by atoms with Crippen LogP contribution < -0.4 is 10.5 Å². The van der Waals surface area contributed by atoms with Gasteiger partial charge in [-0.2, -0.15) is 17.4 Å². The Morgan fingerprint density at radius 1 is 1.44 bits per heavy atom. The Morgan fingerprint density at radius 3 is 2.61 bits per heavy atom. The van der Waals surface area contributed by atoms with E-state index in [9.17, 15) is 8.42 Å². The predicted octanol–water partition coefficient (Wildman–Crippen LogP) is 0.617. The highest BCUT2D eigenvalue weighted by Crippen LogP contribution is 2.33. The smallest absolute Gasteiger partial charge is 0.280 e. The van der Waals surface area contributed by atoms with Gasteiger partial charge in [0.05, 0.1) is 11.0 Å². The number of nitrogens with zero attached hydrogens (tertiary/aromatic N) is 1. The van der Waals surface area contributed by atoms with Crippen LogP contribution in [0.3, 0.4) is 0 Å². The summed E-state index contributed by atoms with van der Waals surface area (Å²) in [5.74, 6) is 0.707. The van der Waals surface area contributed by atoms with Crippen molar-refractivity contribution in [1.29, 1.82) is 0 Å². The van der Waals surface area contributed by atoms with Gasteiger partial charge in [-0.15, -0.1) is 0 Å². The lowest BCUT2D eigenvalue weighted by Gasteiger charge is -2.31. The van der Waals surface area contributed by atoms with Crippen molar-refractivity contribution in [1.82, 2.24) is 9.03 Å². The molecule has 2 unspecified atom stereocenters. The Balaban J connectivity index is 2.03. The first-order valence-electron chi connectivity index (χ1n) is 6.47. The zero-order valence-corrected chi connectivity index (χ0v) is 12.3. The molecule has 1 saturated carbocycles. The molecule has 2 aliphatic rings. The Kier molecular flexibility index (Phi) is 4.25. The summed E-state index contributed by atoms with van der Waals surface area (Å²) < 4.78 is 28.8. The number of thiocarbonyl (C=S) groups is 1. The molecule has 0 spiro atoms. The van der Waals surface area contributed by atoms with Crippen molar-refractivity contribution < 1.29 is 8.42 Å². The van der Waals surface area contributed by atoms with Crippen LogP contribution in [0.4, 0.5) is 0 Å². The van der Waals surface area contributed by atoms with Crippen LogP contribution in [-0.2, 0) is 10.2 Å². The van der Waals surface area contributed by atoms with E-state index in [1.807, 2.05) is 0 Å². The van der Waals surface area contributed by atoms with Gasteiger partial charge in [0.25, 0.3) is 10.2 Å². The lowest BCUT2D eigenvalue weighted by atomic mass is 10.0. The molecule has 3 N–H and O–H groups in total. The van der Waals surface area contributed by atoms with Crippen molar-refractivity contribution in [3.8, 4) is 0 Å². The second kappa shape index (κ2) is 5.40. The Bertz CT molecular complexity index is 420. The summed E-state index contributed by atoms with van der Waals surface area (Å²) in [4.78, 5) is 0.256. The number of nitrogens with two attached hydrogens (primary N) is 1. The first kappa shape index (κ1) is 14.2. The molecule has 104 valence electrons. The molecule has 2 fully saturated rings. The fourth-order valence-corrected chi connectivity index (χ4v) is 4.35. The van der Waals surface area contributed by atoms with E-state index in [-0.39, 0.29) is 11.0 Å². The third-order valence-corrected chi connectivity index (χ3v) is 5.45. The number of piperidine rings is 1. The van der Waals surface area contributed by atoms with Gasteiger partial charge in [-0.05, 0) is 37.5 Å². The molecular weight excluding hydrogens is 270 g/mol. The van der Waals surface area contributed by atoms with Crippen molar-refractivity contribution in [2.75, 3.05) is 13.1 Å². The standard InChI is InChI=1S/C11H21N3O2S2/c1-8-3-2-6-14(7-8)18(15,16)13-10(11(12)17)9-4-5-9/h8-10,13H,2-7H2,1H3,(H2,12,17). The molecule has 1 aliphatic heterocycles. The van der Waals surface area contributed by atoms with Crippen LogP contribution in [0.15, 0.2) is 0 Å². The molecule has 5 nitrogen and oxygen atoms in total. The van der Waals surface area contributed by atoms with Crippen LogP contribution in [0.25, 0.3) is 0 Å². The average molecular weight is 291 g/mol. The van der Waals surface area contributed by atoms with E-state index >= 15 is 0 Å². The minimum absolute atomic E-state index is 0.256. The molecule has 0 aromatic carbocycles. The second-order valence-electron chi connectivity index (χ2n) is 5.45. The fourth-order valence-electron chi connectivity index (χ4n) is 2.42. The molecule has 0 aromatic heterocycles. The average Bonchev–Trinajstić information content (AvgIpc) is 3.09. The maximum atomic E-state index is 12.3. The molecule has 2 rings (SSSR count). The predicted molar refractivity (Wildman–Crippen MR) is 75.3 cm³/mol. The zero-order chi connectivity index (χ0) is 13.3. The molecule has 18 heavy (non-hydrogen) atoms. The molecule has 0 bridgehead atoms. The van der Waals surface area contributed by atoms with Crippen LogP contribution in [0.5, 0.6) is 0 Å². The van der Waals surface area contributed by atoms with Crippen molar-refractivity contribution in [2.45, 2.75) is 38.6 Å². The van der Waals surface area contributed by atoms with Crippen LogP contribution in [0.1, 0.15) is 32.6 Å². The van der Waals surface area contributed by atoms with Gasteiger partial charge in [0, 0.05) is 13.1 Å². The van der Waals surface area contributed by atoms with E-state index < -0.39 is 10.2 Å². The molecule has 7 heteroatoms. The highest BCUT2D eigenvalue weighted by atomic mass is 32.2. The molecule has 2 atom stereocenters. The first-order valence-corrected chi connectivity index (χ1v) is 8.31. The van der Waals surface area contributed by atoms with Crippen LogP contribution >= 0.6 is 12.2 Å². The van der Waals surface area contributed by atoms with Crippen LogP contribution in [0.2, 0.25) is 0 Å². The number of rotatable bonds is 5. The summed E-state index contributed by atoms with van der Waals surface area (Å²) in [7, 11) is -3.45. The fraction of sp³-hybridized carbons (Fsp3) is 0.909. The maximum Gasteiger partial charge on any atom is 0.280 e. The van der Waals surface area contributed by atoms with Gasteiger partial charge in [-0.3, -0.25) is 0 Å². The highest BCUT2D eigenvalue weighted by molar-refractivity contribution is 7.87. The van der Waals surface area contributed by atoms with E-state index in [1.54, 1.807) is 0 Å². The molecule has 0 radical (unpaired) electrons. The minimum atomic E-state index is -3.45. The summed E-state index contributed by atoms with van der Waals surface area (Å²) in [5, 5.41) is 0. The molecule has 0 amide bonds. The van der Waals surface area contributed by atoms with E-state index in [0.717, 1.165) is 25.7 Å². The summed E-state index contributed by atoms with van der Waals surface area (Å²) >= 11 is 4.96. The topological polar surface area (TPSA) is 75.4 Å². The summed E-state index contributed by atoms with van der Waals surface area (Å²) in [5.41, 5.74) is 5.63. The van der Waals surface area contributed by atoms with Crippen molar-refractivity contribution >= 4 is 27.4 Å². The number of hydrogen-bond donors (Lipinski definition) is 2. The maximum absolute atomic E-state index is 12.3. The summed E-state index contributed by atoms with van der Waals surface area (Å²) in [6.07, 6.45) is 4.01. The van der Waals surface area contributed by atoms with Crippen molar-refractivity contribution in [3.05, 3.63) is 0 Å². The van der Waals surface area contributed by atoms with E-state index in [0.29, 0.717) is 24.9 Å². The second-order valence-corrected chi connectivity index (χ2v) is 7.62.